The summed E-state index contributed by atoms with van der Waals surface area (Å²) in [5.74, 6) is -0.833. The van der Waals surface area contributed by atoms with Gasteiger partial charge in [-0.05, 0) is 52.0 Å². The highest BCUT2D eigenvalue weighted by Gasteiger charge is 1.95. The van der Waals surface area contributed by atoms with Crippen LogP contribution in [0.25, 0.3) is 0 Å². The molecule has 0 atom stereocenters. The Balaban J connectivity index is 0. The van der Waals surface area contributed by atoms with Gasteiger partial charge in [0.15, 0.2) is 0 Å². The van der Waals surface area contributed by atoms with Crippen molar-refractivity contribution in [2.75, 3.05) is 6.61 Å². The van der Waals surface area contributed by atoms with Gasteiger partial charge in [0.25, 0.3) is 5.97 Å². The molecule has 0 radical (unpaired) electrons. The average molecular weight is 268 g/mol. The van der Waals surface area contributed by atoms with Crippen molar-refractivity contribution in [3.05, 3.63) is 35.5 Å². The Labute approximate surface area is 117 Å². The molecule has 0 fully saturated rings. The lowest BCUT2D eigenvalue weighted by Crippen LogP contribution is -1.86. The van der Waals surface area contributed by atoms with E-state index in [0.717, 1.165) is 38.2 Å². The number of allylic oxidation sites excluding steroid dienone is 5. The van der Waals surface area contributed by atoms with Gasteiger partial charge in [0, 0.05) is 13.5 Å². The Morgan fingerprint density at radius 1 is 1.11 bits per heavy atom. The molecular weight excluding hydrogens is 240 g/mol. The molecule has 0 amide bonds. The normalized spacial score (nSPS) is 10.3. The molecule has 0 aliphatic heterocycles. The van der Waals surface area contributed by atoms with E-state index in [-0.39, 0.29) is 0 Å². The molecule has 0 aromatic rings. The Morgan fingerprint density at radius 3 is 2.00 bits per heavy atom. The minimum Gasteiger partial charge on any atom is -0.481 e. The first-order valence-electron chi connectivity index (χ1n) is 6.59. The number of hydrogen-bond acceptors (Lipinski definition) is 2. The summed E-state index contributed by atoms with van der Waals surface area (Å²) in [7, 11) is 0. The van der Waals surface area contributed by atoms with E-state index in [1.54, 1.807) is 0 Å². The minimum atomic E-state index is -0.833. The predicted molar refractivity (Wildman–Crippen MR) is 81.2 cm³/mol. The highest BCUT2D eigenvalue weighted by molar-refractivity contribution is 5.62. The van der Waals surface area contributed by atoms with Crippen LogP contribution in [0.15, 0.2) is 35.5 Å². The summed E-state index contributed by atoms with van der Waals surface area (Å²) in [6, 6.07) is 0. The fourth-order valence-corrected chi connectivity index (χ4v) is 1.28. The van der Waals surface area contributed by atoms with Gasteiger partial charge in [-0.15, -0.1) is 0 Å². The van der Waals surface area contributed by atoms with Gasteiger partial charge in [0.05, 0.1) is 0 Å². The lowest BCUT2D eigenvalue weighted by molar-refractivity contribution is -0.134. The number of aliphatic hydroxyl groups excluding tert-OH is 1. The quantitative estimate of drug-likeness (QED) is 0.415. The van der Waals surface area contributed by atoms with Crippen LogP contribution >= 0.6 is 0 Å². The number of rotatable bonds is 7. The first-order valence-corrected chi connectivity index (χ1v) is 6.59. The van der Waals surface area contributed by atoms with Crippen molar-refractivity contribution in [1.29, 1.82) is 0 Å². The fraction of sp³-hybridized carbons (Fsp3) is 0.562. The van der Waals surface area contributed by atoms with Gasteiger partial charge in [0.1, 0.15) is 0 Å². The molecule has 0 spiro atoms. The van der Waals surface area contributed by atoms with Crippen LogP contribution in [0.1, 0.15) is 53.4 Å². The number of carbonyl (C=O) groups is 1. The molecular formula is C16H28O3. The van der Waals surface area contributed by atoms with E-state index in [1.165, 1.54) is 11.1 Å². The third kappa shape index (κ3) is 19.2. The molecule has 0 aromatic heterocycles. The molecule has 2 N–H and O–H groups in total. The van der Waals surface area contributed by atoms with Crippen molar-refractivity contribution in [2.24, 2.45) is 0 Å². The van der Waals surface area contributed by atoms with Crippen LogP contribution in [0.5, 0.6) is 0 Å². The average Bonchev–Trinajstić information content (AvgIpc) is 2.26. The molecule has 0 unspecified atom stereocenters. The summed E-state index contributed by atoms with van der Waals surface area (Å²) < 4.78 is 0. The van der Waals surface area contributed by atoms with E-state index in [4.69, 9.17) is 15.0 Å². The van der Waals surface area contributed by atoms with Crippen LogP contribution in [0, 0.1) is 0 Å². The zero-order chi connectivity index (χ0) is 15.3. The first-order chi connectivity index (χ1) is 8.81. The van der Waals surface area contributed by atoms with Crippen LogP contribution in [-0.2, 0) is 4.79 Å². The third-order valence-corrected chi connectivity index (χ3v) is 2.28. The predicted octanol–water partition coefficient (Wildman–Crippen LogP) is 4.10. The SMILES string of the molecule is C=C(C)C(=CCCCCO)CC=C(C)C.CC(=O)O. The van der Waals surface area contributed by atoms with Crippen LogP contribution in [-0.4, -0.2) is 22.8 Å². The zero-order valence-electron chi connectivity index (χ0n) is 12.7. The van der Waals surface area contributed by atoms with Crippen LogP contribution in [0.4, 0.5) is 0 Å². The largest absolute Gasteiger partial charge is 0.481 e. The van der Waals surface area contributed by atoms with Crippen LogP contribution < -0.4 is 0 Å². The van der Waals surface area contributed by atoms with Crippen molar-refractivity contribution in [1.82, 2.24) is 0 Å². The maximum Gasteiger partial charge on any atom is 0.300 e. The molecule has 0 rings (SSSR count). The Kier molecular flexibility index (Phi) is 13.8. The maximum absolute atomic E-state index is 9.00. The minimum absolute atomic E-state index is 0.296. The highest BCUT2D eigenvalue weighted by atomic mass is 16.4. The third-order valence-electron chi connectivity index (χ3n) is 2.28. The van der Waals surface area contributed by atoms with Crippen molar-refractivity contribution in [3.8, 4) is 0 Å². The summed E-state index contributed by atoms with van der Waals surface area (Å²) >= 11 is 0. The molecule has 110 valence electrons. The lowest BCUT2D eigenvalue weighted by Gasteiger charge is -2.04. The maximum atomic E-state index is 9.00. The molecule has 3 nitrogen and oxygen atoms in total. The number of aliphatic hydroxyl groups is 1. The van der Waals surface area contributed by atoms with Crippen LogP contribution in [0.3, 0.4) is 0 Å². The van der Waals surface area contributed by atoms with Crippen molar-refractivity contribution in [3.63, 3.8) is 0 Å². The van der Waals surface area contributed by atoms with Gasteiger partial charge < -0.3 is 10.2 Å². The number of unbranched alkanes of at least 4 members (excludes halogenated alkanes) is 2. The molecule has 3 heteroatoms. The van der Waals surface area contributed by atoms with Crippen molar-refractivity contribution in [2.45, 2.75) is 53.4 Å². The van der Waals surface area contributed by atoms with E-state index < -0.39 is 5.97 Å². The Morgan fingerprint density at radius 2 is 1.63 bits per heavy atom. The number of hydrogen-bond donors (Lipinski definition) is 2. The smallest absolute Gasteiger partial charge is 0.300 e. The monoisotopic (exact) mass is 268 g/mol. The lowest BCUT2D eigenvalue weighted by atomic mass is 10.0. The van der Waals surface area contributed by atoms with E-state index in [0.29, 0.717) is 6.61 Å². The highest BCUT2D eigenvalue weighted by Crippen LogP contribution is 2.15. The topological polar surface area (TPSA) is 57.5 Å². The molecule has 0 aliphatic carbocycles. The summed E-state index contributed by atoms with van der Waals surface area (Å²) in [6.45, 7) is 11.6. The van der Waals surface area contributed by atoms with Gasteiger partial charge in [-0.3, -0.25) is 4.79 Å². The van der Waals surface area contributed by atoms with Gasteiger partial charge in [0.2, 0.25) is 0 Å². The summed E-state index contributed by atoms with van der Waals surface area (Å²) in [5, 5.41) is 16.1. The molecule has 19 heavy (non-hydrogen) atoms. The van der Waals surface area contributed by atoms with E-state index in [9.17, 15) is 0 Å². The first kappa shape index (κ1) is 20.0. The zero-order valence-corrected chi connectivity index (χ0v) is 12.7. The standard InChI is InChI=1S/C14H24O.C2H4O2/c1-12(2)9-10-14(13(3)4)8-6-5-7-11-15;1-2(3)4/h8-9,15H,3,5-7,10-11H2,1-2,4H3;1H3,(H,3,4). The van der Waals surface area contributed by atoms with E-state index in [1.807, 2.05) is 0 Å². The van der Waals surface area contributed by atoms with E-state index >= 15 is 0 Å². The second-order valence-corrected chi connectivity index (χ2v) is 4.73. The molecule has 0 heterocycles. The van der Waals surface area contributed by atoms with E-state index in [2.05, 4.69) is 39.5 Å². The Bertz CT molecular complexity index is 317. The van der Waals surface area contributed by atoms with Gasteiger partial charge in [-0.1, -0.05) is 29.9 Å². The summed E-state index contributed by atoms with van der Waals surface area (Å²) in [4.78, 5) is 9.00. The number of carboxylic acid groups (broad SMARTS) is 1. The Hall–Kier alpha value is -1.35. The number of aliphatic carboxylic acids is 1. The summed E-state index contributed by atoms with van der Waals surface area (Å²) in [5.41, 5.74) is 3.82. The number of carboxylic acids is 1. The van der Waals surface area contributed by atoms with Crippen molar-refractivity contribution < 1.29 is 15.0 Å². The second kappa shape index (κ2) is 13.1. The van der Waals surface area contributed by atoms with Gasteiger partial charge in [-0.2, -0.15) is 0 Å². The fourth-order valence-electron chi connectivity index (χ4n) is 1.28. The van der Waals surface area contributed by atoms with Crippen molar-refractivity contribution >= 4 is 5.97 Å². The molecule has 0 bridgehead atoms. The molecule has 0 saturated carbocycles. The van der Waals surface area contributed by atoms with Gasteiger partial charge >= 0.3 is 0 Å². The second-order valence-electron chi connectivity index (χ2n) is 4.73. The summed E-state index contributed by atoms with van der Waals surface area (Å²) in [6.07, 6.45) is 8.45. The van der Waals surface area contributed by atoms with Gasteiger partial charge in [-0.25, -0.2) is 0 Å². The molecule has 0 saturated heterocycles. The van der Waals surface area contributed by atoms with Crippen LogP contribution in [0.2, 0.25) is 0 Å². The molecule has 0 aromatic carbocycles. The molecule has 0 aliphatic rings.